The maximum Gasteiger partial charge on any atom is 0.229 e. The fourth-order valence-corrected chi connectivity index (χ4v) is 2.08. The SMILES string of the molecule is CC(NC(C)c1nc(N)nc(N(C)C)n1)c1ccccc1. The third kappa shape index (κ3) is 3.88. The van der Waals surface area contributed by atoms with Gasteiger partial charge in [0, 0.05) is 20.1 Å². The minimum Gasteiger partial charge on any atom is -0.368 e. The van der Waals surface area contributed by atoms with Crippen LogP contribution < -0.4 is 16.0 Å². The lowest BCUT2D eigenvalue weighted by molar-refractivity contribution is 0.476. The summed E-state index contributed by atoms with van der Waals surface area (Å²) in [7, 11) is 3.76. The van der Waals surface area contributed by atoms with Crippen LogP contribution in [0.15, 0.2) is 30.3 Å². The minimum atomic E-state index is -0.0239. The molecular formula is C15H22N6. The van der Waals surface area contributed by atoms with Crippen molar-refractivity contribution in [3.05, 3.63) is 41.7 Å². The van der Waals surface area contributed by atoms with Crippen LogP contribution in [-0.2, 0) is 0 Å². The minimum absolute atomic E-state index is 0.0239. The lowest BCUT2D eigenvalue weighted by Crippen LogP contribution is -2.26. The number of hydrogen-bond donors (Lipinski definition) is 2. The molecule has 3 N–H and O–H groups in total. The van der Waals surface area contributed by atoms with Gasteiger partial charge in [-0.15, -0.1) is 0 Å². The Hall–Kier alpha value is -2.21. The second-order valence-electron chi connectivity index (χ2n) is 5.27. The summed E-state index contributed by atoms with van der Waals surface area (Å²) in [5, 5.41) is 3.48. The quantitative estimate of drug-likeness (QED) is 0.874. The highest BCUT2D eigenvalue weighted by atomic mass is 15.3. The Bertz CT molecular complexity index is 584. The Morgan fingerprint density at radius 1 is 1.00 bits per heavy atom. The smallest absolute Gasteiger partial charge is 0.229 e. The normalized spacial score (nSPS) is 13.7. The molecule has 21 heavy (non-hydrogen) atoms. The van der Waals surface area contributed by atoms with Crippen molar-refractivity contribution < 1.29 is 0 Å². The Labute approximate surface area is 125 Å². The van der Waals surface area contributed by atoms with E-state index < -0.39 is 0 Å². The predicted octanol–water partition coefficient (Wildman–Crippen LogP) is 1.93. The molecule has 0 bridgehead atoms. The van der Waals surface area contributed by atoms with Gasteiger partial charge in [-0.05, 0) is 19.4 Å². The molecule has 0 saturated heterocycles. The molecule has 2 aromatic rings. The molecule has 2 rings (SSSR count). The zero-order valence-corrected chi connectivity index (χ0v) is 12.9. The van der Waals surface area contributed by atoms with Crippen LogP contribution in [0, 0.1) is 0 Å². The standard InChI is InChI=1S/C15H22N6/c1-10(12-8-6-5-7-9-12)17-11(2)13-18-14(16)20-15(19-13)21(3)4/h5-11,17H,1-4H3,(H2,16,18,19,20). The van der Waals surface area contributed by atoms with E-state index in [4.69, 9.17) is 5.73 Å². The highest BCUT2D eigenvalue weighted by Gasteiger charge is 2.15. The van der Waals surface area contributed by atoms with Crippen LogP contribution in [0.3, 0.4) is 0 Å². The number of rotatable bonds is 5. The van der Waals surface area contributed by atoms with Crippen LogP contribution in [0.2, 0.25) is 0 Å². The average molecular weight is 286 g/mol. The molecule has 0 spiro atoms. The summed E-state index contributed by atoms with van der Waals surface area (Å²) in [6.07, 6.45) is 0. The van der Waals surface area contributed by atoms with E-state index in [9.17, 15) is 0 Å². The third-order valence-corrected chi connectivity index (χ3v) is 3.25. The van der Waals surface area contributed by atoms with Gasteiger partial charge in [-0.3, -0.25) is 0 Å². The van der Waals surface area contributed by atoms with Gasteiger partial charge in [0.25, 0.3) is 0 Å². The maximum atomic E-state index is 5.76. The zero-order chi connectivity index (χ0) is 15.4. The van der Waals surface area contributed by atoms with E-state index in [-0.39, 0.29) is 18.0 Å². The number of nitrogens with two attached hydrogens (primary N) is 1. The molecule has 1 heterocycles. The van der Waals surface area contributed by atoms with Gasteiger partial charge in [-0.25, -0.2) is 0 Å². The summed E-state index contributed by atoms with van der Waals surface area (Å²) in [4.78, 5) is 14.6. The second kappa shape index (κ2) is 6.49. The highest BCUT2D eigenvalue weighted by molar-refractivity contribution is 5.33. The Balaban J connectivity index is 2.15. The van der Waals surface area contributed by atoms with Crippen molar-refractivity contribution in [1.82, 2.24) is 20.3 Å². The zero-order valence-electron chi connectivity index (χ0n) is 12.9. The van der Waals surface area contributed by atoms with Gasteiger partial charge in [-0.2, -0.15) is 15.0 Å². The molecule has 1 aromatic heterocycles. The van der Waals surface area contributed by atoms with Gasteiger partial charge >= 0.3 is 0 Å². The van der Waals surface area contributed by atoms with Crippen LogP contribution in [0.5, 0.6) is 0 Å². The van der Waals surface area contributed by atoms with Crippen molar-refractivity contribution in [1.29, 1.82) is 0 Å². The van der Waals surface area contributed by atoms with Crippen LogP contribution in [-0.4, -0.2) is 29.0 Å². The Kier molecular flexibility index (Phi) is 4.70. The fourth-order valence-electron chi connectivity index (χ4n) is 2.08. The second-order valence-corrected chi connectivity index (χ2v) is 5.27. The van der Waals surface area contributed by atoms with Crippen LogP contribution >= 0.6 is 0 Å². The van der Waals surface area contributed by atoms with Crippen molar-refractivity contribution in [3.8, 4) is 0 Å². The van der Waals surface area contributed by atoms with Gasteiger partial charge in [0.2, 0.25) is 11.9 Å². The fraction of sp³-hybridized carbons (Fsp3) is 0.400. The molecule has 0 aliphatic heterocycles. The summed E-state index contributed by atoms with van der Waals surface area (Å²) >= 11 is 0. The van der Waals surface area contributed by atoms with E-state index in [1.54, 1.807) is 0 Å². The summed E-state index contributed by atoms with van der Waals surface area (Å²) in [6, 6.07) is 10.4. The van der Waals surface area contributed by atoms with Gasteiger partial charge < -0.3 is 16.0 Å². The van der Waals surface area contributed by atoms with Crippen molar-refractivity contribution in [2.75, 3.05) is 24.7 Å². The summed E-state index contributed by atoms with van der Waals surface area (Å²) in [5.41, 5.74) is 6.98. The number of nitrogens with one attached hydrogen (secondary N) is 1. The number of hydrogen-bond acceptors (Lipinski definition) is 6. The van der Waals surface area contributed by atoms with E-state index in [2.05, 4.69) is 39.3 Å². The number of nitrogen functional groups attached to an aromatic ring is 1. The summed E-state index contributed by atoms with van der Waals surface area (Å²) in [6.45, 7) is 4.14. The molecule has 2 atom stereocenters. The van der Waals surface area contributed by atoms with Crippen molar-refractivity contribution >= 4 is 11.9 Å². The lowest BCUT2D eigenvalue weighted by Gasteiger charge is -2.20. The number of benzene rings is 1. The third-order valence-electron chi connectivity index (χ3n) is 3.25. The topological polar surface area (TPSA) is 80.0 Å². The van der Waals surface area contributed by atoms with Crippen molar-refractivity contribution in [2.45, 2.75) is 25.9 Å². The molecule has 0 radical (unpaired) electrons. The molecular weight excluding hydrogens is 264 g/mol. The van der Waals surface area contributed by atoms with E-state index >= 15 is 0 Å². The summed E-state index contributed by atoms with van der Waals surface area (Å²) < 4.78 is 0. The molecule has 0 saturated carbocycles. The van der Waals surface area contributed by atoms with Gasteiger partial charge in [-0.1, -0.05) is 30.3 Å². The number of anilines is 2. The first kappa shape index (κ1) is 15.2. The first-order valence-electron chi connectivity index (χ1n) is 6.97. The average Bonchev–Trinajstić information content (AvgIpc) is 2.47. The number of nitrogens with zero attached hydrogens (tertiary/aromatic N) is 4. The predicted molar refractivity (Wildman–Crippen MR) is 85.0 cm³/mol. The molecule has 0 aliphatic rings. The van der Waals surface area contributed by atoms with E-state index in [1.807, 2.05) is 44.1 Å². The van der Waals surface area contributed by atoms with E-state index in [0.717, 1.165) is 0 Å². The first-order valence-corrected chi connectivity index (χ1v) is 6.97. The van der Waals surface area contributed by atoms with Crippen molar-refractivity contribution in [3.63, 3.8) is 0 Å². The molecule has 0 fully saturated rings. The molecule has 1 aromatic carbocycles. The van der Waals surface area contributed by atoms with E-state index in [0.29, 0.717) is 11.8 Å². The van der Waals surface area contributed by atoms with Crippen LogP contribution in [0.4, 0.5) is 11.9 Å². The largest absolute Gasteiger partial charge is 0.368 e. The monoisotopic (exact) mass is 286 g/mol. The highest BCUT2D eigenvalue weighted by Crippen LogP contribution is 2.18. The van der Waals surface area contributed by atoms with Crippen LogP contribution in [0.1, 0.15) is 37.3 Å². The maximum absolute atomic E-state index is 5.76. The van der Waals surface area contributed by atoms with Gasteiger partial charge in [0.15, 0.2) is 5.82 Å². The first-order chi connectivity index (χ1) is 9.97. The van der Waals surface area contributed by atoms with Crippen molar-refractivity contribution in [2.24, 2.45) is 0 Å². The molecule has 2 unspecified atom stereocenters. The molecule has 0 aliphatic carbocycles. The molecule has 112 valence electrons. The van der Waals surface area contributed by atoms with E-state index in [1.165, 1.54) is 5.56 Å². The Morgan fingerprint density at radius 2 is 1.67 bits per heavy atom. The van der Waals surface area contributed by atoms with Gasteiger partial charge in [0.1, 0.15) is 0 Å². The van der Waals surface area contributed by atoms with Crippen LogP contribution in [0.25, 0.3) is 0 Å². The summed E-state index contributed by atoms with van der Waals surface area (Å²) in [5.74, 6) is 1.46. The molecule has 0 amide bonds. The molecule has 6 heteroatoms. The van der Waals surface area contributed by atoms with Gasteiger partial charge in [0.05, 0.1) is 6.04 Å². The molecule has 6 nitrogen and oxygen atoms in total. The Morgan fingerprint density at radius 3 is 2.29 bits per heavy atom. The number of aromatic nitrogens is 3. The lowest BCUT2D eigenvalue weighted by atomic mass is 10.1.